The number of carbonyl (C=O) groups excluding carboxylic acids is 1. The number of hydrogen-bond donors (Lipinski definition) is 0. The summed E-state index contributed by atoms with van der Waals surface area (Å²) in [7, 11) is 0. The summed E-state index contributed by atoms with van der Waals surface area (Å²) in [4.78, 5) is 13.6. The van der Waals surface area contributed by atoms with Crippen molar-refractivity contribution < 1.29 is 18.0 Å². The minimum Gasteiger partial charge on any atom is -0.303 e. The third kappa shape index (κ3) is 3.12. The molecule has 3 aliphatic heterocycles. The van der Waals surface area contributed by atoms with Gasteiger partial charge in [0.25, 0.3) is 5.78 Å². The third-order valence-corrected chi connectivity index (χ3v) is 4.76. The molecule has 0 spiro atoms. The maximum atomic E-state index is 12.4. The van der Waals surface area contributed by atoms with E-state index in [-0.39, 0.29) is 5.56 Å². The van der Waals surface area contributed by atoms with E-state index in [0.717, 1.165) is 24.4 Å². The maximum Gasteiger partial charge on any atom is 0.454 e. The van der Waals surface area contributed by atoms with E-state index < -0.39 is 12.0 Å². The average Bonchev–Trinajstić information content (AvgIpc) is 2.48. The summed E-state index contributed by atoms with van der Waals surface area (Å²) >= 11 is 0. The lowest BCUT2D eigenvalue weighted by Gasteiger charge is -2.45. The molecule has 114 valence electrons. The van der Waals surface area contributed by atoms with Gasteiger partial charge in [0.2, 0.25) is 0 Å². The van der Waals surface area contributed by atoms with Gasteiger partial charge in [-0.15, -0.1) is 0 Å². The highest BCUT2D eigenvalue weighted by Gasteiger charge is 2.39. The van der Waals surface area contributed by atoms with Gasteiger partial charge in [-0.3, -0.25) is 4.79 Å². The van der Waals surface area contributed by atoms with Gasteiger partial charge in [-0.2, -0.15) is 13.2 Å². The molecule has 1 atom stereocenters. The Balaban J connectivity index is 1.66. The van der Waals surface area contributed by atoms with Crippen LogP contribution in [-0.4, -0.2) is 36.5 Å². The van der Waals surface area contributed by atoms with E-state index >= 15 is 0 Å². The maximum absolute atomic E-state index is 12.4. The summed E-state index contributed by atoms with van der Waals surface area (Å²) in [5, 5.41) is 0. The molecule has 0 amide bonds. The van der Waals surface area contributed by atoms with Crippen molar-refractivity contribution >= 4 is 5.78 Å². The molecular formula is C16H18F3NO. The van der Waals surface area contributed by atoms with Crippen LogP contribution >= 0.6 is 0 Å². The molecule has 4 rings (SSSR count). The molecule has 3 saturated heterocycles. The highest BCUT2D eigenvalue weighted by Crippen LogP contribution is 2.34. The van der Waals surface area contributed by atoms with Crippen LogP contribution in [-0.2, 0) is 6.42 Å². The predicted octanol–water partition coefficient (Wildman–Crippen LogP) is 3.32. The SMILES string of the molecule is O=C(c1ccc(CC2CN3CCC2CC3)cc1)C(F)(F)F. The zero-order valence-corrected chi connectivity index (χ0v) is 11.7. The summed E-state index contributed by atoms with van der Waals surface area (Å²) in [6.45, 7) is 3.45. The molecule has 3 aliphatic rings. The monoisotopic (exact) mass is 297 g/mol. The smallest absolute Gasteiger partial charge is 0.303 e. The van der Waals surface area contributed by atoms with Crippen LogP contribution in [0.1, 0.15) is 28.8 Å². The second kappa shape index (κ2) is 5.44. The first-order chi connectivity index (χ1) is 9.93. The molecule has 0 N–H and O–H groups in total. The Labute approximate surface area is 121 Å². The Hall–Kier alpha value is -1.36. The molecule has 3 heterocycles. The fraction of sp³-hybridized carbons (Fsp3) is 0.562. The van der Waals surface area contributed by atoms with Crippen LogP contribution in [0.3, 0.4) is 0 Å². The van der Waals surface area contributed by atoms with E-state index in [0.29, 0.717) is 5.92 Å². The molecule has 0 saturated carbocycles. The van der Waals surface area contributed by atoms with Crippen molar-refractivity contribution in [2.45, 2.75) is 25.4 Å². The lowest BCUT2D eigenvalue weighted by atomic mass is 9.76. The summed E-state index contributed by atoms with van der Waals surface area (Å²) in [6.07, 6.45) is -1.44. The molecule has 1 unspecified atom stereocenters. The van der Waals surface area contributed by atoms with Crippen LogP contribution in [0.25, 0.3) is 0 Å². The molecule has 5 heteroatoms. The van der Waals surface area contributed by atoms with Crippen LogP contribution in [0.5, 0.6) is 0 Å². The van der Waals surface area contributed by atoms with E-state index in [9.17, 15) is 18.0 Å². The lowest BCUT2D eigenvalue weighted by Crippen LogP contribution is -2.48. The molecule has 0 aromatic heterocycles. The number of fused-ring (bicyclic) bond motifs is 3. The molecule has 1 aromatic carbocycles. The first-order valence-electron chi connectivity index (χ1n) is 7.36. The van der Waals surface area contributed by atoms with Crippen molar-refractivity contribution in [2.24, 2.45) is 11.8 Å². The topological polar surface area (TPSA) is 20.3 Å². The minimum atomic E-state index is -4.79. The molecule has 2 bridgehead atoms. The average molecular weight is 297 g/mol. The van der Waals surface area contributed by atoms with E-state index in [1.807, 2.05) is 0 Å². The molecule has 2 nitrogen and oxygen atoms in total. The van der Waals surface area contributed by atoms with Crippen molar-refractivity contribution in [3.63, 3.8) is 0 Å². The number of piperidine rings is 3. The van der Waals surface area contributed by atoms with Gasteiger partial charge in [-0.1, -0.05) is 24.3 Å². The predicted molar refractivity (Wildman–Crippen MR) is 73.2 cm³/mol. The van der Waals surface area contributed by atoms with Crippen LogP contribution in [0.2, 0.25) is 0 Å². The van der Waals surface area contributed by atoms with Crippen molar-refractivity contribution in [3.8, 4) is 0 Å². The number of hydrogen-bond acceptors (Lipinski definition) is 2. The van der Waals surface area contributed by atoms with Crippen molar-refractivity contribution in [2.75, 3.05) is 19.6 Å². The minimum absolute atomic E-state index is 0.278. The number of carbonyl (C=O) groups is 1. The Morgan fingerprint density at radius 3 is 2.24 bits per heavy atom. The Bertz CT molecular complexity index is 515. The Morgan fingerprint density at radius 1 is 1.14 bits per heavy atom. The van der Waals surface area contributed by atoms with Crippen molar-refractivity contribution in [1.82, 2.24) is 4.90 Å². The zero-order valence-electron chi connectivity index (χ0n) is 11.7. The van der Waals surface area contributed by atoms with Crippen LogP contribution in [0, 0.1) is 11.8 Å². The van der Waals surface area contributed by atoms with Crippen LogP contribution < -0.4 is 0 Å². The first kappa shape index (κ1) is 14.6. The molecule has 1 aromatic rings. The number of ketones is 1. The van der Waals surface area contributed by atoms with Gasteiger partial charge in [-0.05, 0) is 49.8 Å². The normalized spacial score (nSPS) is 28.6. The molecule has 0 aliphatic carbocycles. The highest BCUT2D eigenvalue weighted by molar-refractivity contribution is 6.00. The molecule has 0 radical (unpaired) electrons. The van der Waals surface area contributed by atoms with E-state index in [2.05, 4.69) is 4.90 Å². The number of nitrogens with zero attached hydrogens (tertiary/aromatic N) is 1. The fourth-order valence-corrected chi connectivity index (χ4v) is 3.58. The van der Waals surface area contributed by atoms with E-state index in [4.69, 9.17) is 0 Å². The standard InChI is InChI=1S/C16H18F3NO/c17-16(18,19)15(21)13-3-1-11(2-4-13)9-14-10-20-7-5-12(14)6-8-20/h1-4,12,14H,5-10H2. The Morgan fingerprint density at radius 2 is 1.76 bits per heavy atom. The number of rotatable bonds is 3. The largest absolute Gasteiger partial charge is 0.454 e. The van der Waals surface area contributed by atoms with Crippen LogP contribution in [0.4, 0.5) is 13.2 Å². The zero-order chi connectivity index (χ0) is 15.0. The Kier molecular flexibility index (Phi) is 3.78. The van der Waals surface area contributed by atoms with Crippen molar-refractivity contribution in [1.29, 1.82) is 0 Å². The van der Waals surface area contributed by atoms with Gasteiger partial charge in [0.1, 0.15) is 0 Å². The molecule has 21 heavy (non-hydrogen) atoms. The summed E-state index contributed by atoms with van der Waals surface area (Å²) < 4.78 is 37.1. The summed E-state index contributed by atoms with van der Waals surface area (Å²) in [5.74, 6) is -0.431. The van der Waals surface area contributed by atoms with Gasteiger partial charge in [0, 0.05) is 12.1 Å². The first-order valence-corrected chi connectivity index (χ1v) is 7.36. The van der Waals surface area contributed by atoms with Gasteiger partial charge >= 0.3 is 6.18 Å². The number of Topliss-reactive ketones (excluding diaryl/α,β-unsaturated/α-hetero) is 1. The van der Waals surface area contributed by atoms with Gasteiger partial charge in [0.05, 0.1) is 0 Å². The van der Waals surface area contributed by atoms with Gasteiger partial charge in [0.15, 0.2) is 0 Å². The summed E-state index contributed by atoms with van der Waals surface area (Å²) in [5.41, 5.74) is 0.743. The summed E-state index contributed by atoms with van der Waals surface area (Å²) in [6, 6.07) is 5.92. The van der Waals surface area contributed by atoms with Crippen LogP contribution in [0.15, 0.2) is 24.3 Å². The second-order valence-corrected chi connectivity index (χ2v) is 6.13. The van der Waals surface area contributed by atoms with Gasteiger partial charge in [-0.25, -0.2) is 0 Å². The number of benzene rings is 1. The van der Waals surface area contributed by atoms with Crippen molar-refractivity contribution in [3.05, 3.63) is 35.4 Å². The fourth-order valence-electron chi connectivity index (χ4n) is 3.58. The van der Waals surface area contributed by atoms with E-state index in [1.165, 1.54) is 38.1 Å². The highest BCUT2D eigenvalue weighted by atomic mass is 19.4. The lowest BCUT2D eigenvalue weighted by molar-refractivity contribution is -0.0885. The molecular weight excluding hydrogens is 279 g/mol. The van der Waals surface area contributed by atoms with Gasteiger partial charge < -0.3 is 4.90 Å². The quantitative estimate of drug-likeness (QED) is 0.798. The van der Waals surface area contributed by atoms with E-state index in [1.54, 1.807) is 12.1 Å². The molecule has 3 fully saturated rings. The third-order valence-electron chi connectivity index (χ3n) is 4.76. The number of halogens is 3. The second-order valence-electron chi connectivity index (χ2n) is 6.13. The number of alkyl halides is 3.